The maximum Gasteiger partial charge on any atom is 0.293 e. The zero-order valence-electron chi connectivity index (χ0n) is 13.6. The van der Waals surface area contributed by atoms with Gasteiger partial charge in [0.2, 0.25) is 0 Å². The number of imide groups is 1. The van der Waals surface area contributed by atoms with Gasteiger partial charge in [0.25, 0.3) is 11.1 Å². The van der Waals surface area contributed by atoms with Crippen LogP contribution in [0.4, 0.5) is 4.79 Å². The van der Waals surface area contributed by atoms with Gasteiger partial charge in [0.05, 0.1) is 16.0 Å². The molecular weight excluding hydrogens is 334 g/mol. The molecule has 0 spiro atoms. The summed E-state index contributed by atoms with van der Waals surface area (Å²) in [6.45, 7) is 7.67. The quantitative estimate of drug-likeness (QED) is 0.702. The zero-order chi connectivity index (χ0) is 17.1. The van der Waals surface area contributed by atoms with Crippen LogP contribution >= 0.6 is 23.4 Å². The lowest BCUT2D eigenvalue weighted by atomic mass is 10.2. The summed E-state index contributed by atoms with van der Waals surface area (Å²) in [4.78, 5) is 26.1. The minimum Gasteiger partial charge on any atom is -0.489 e. The van der Waals surface area contributed by atoms with Crippen molar-refractivity contribution in [2.75, 3.05) is 0 Å². The number of carbonyl (C=O) groups excluding carboxylic acids is 2. The summed E-state index contributed by atoms with van der Waals surface area (Å²) < 4.78 is 5.58. The van der Waals surface area contributed by atoms with Gasteiger partial charge in [-0.25, -0.2) is 0 Å². The summed E-state index contributed by atoms with van der Waals surface area (Å²) in [6.07, 6.45) is 2.46. The average Bonchev–Trinajstić information content (AvgIpc) is 2.75. The first kappa shape index (κ1) is 17.9. The molecule has 0 unspecified atom stereocenters. The van der Waals surface area contributed by atoms with Crippen molar-refractivity contribution in [1.82, 2.24) is 4.90 Å². The van der Waals surface area contributed by atoms with Crippen LogP contribution in [0.2, 0.25) is 5.02 Å². The van der Waals surface area contributed by atoms with Crippen molar-refractivity contribution >= 4 is 40.6 Å². The van der Waals surface area contributed by atoms with Crippen molar-refractivity contribution in [3.63, 3.8) is 0 Å². The Morgan fingerprint density at radius 2 is 2.00 bits per heavy atom. The summed E-state index contributed by atoms with van der Waals surface area (Å²) in [5, 5.41) is 0.259. The Labute approximate surface area is 145 Å². The lowest BCUT2D eigenvalue weighted by Crippen LogP contribution is -2.36. The summed E-state index contributed by atoms with van der Waals surface area (Å²) in [5.74, 6) is 0.361. The van der Waals surface area contributed by atoms with Gasteiger partial charge < -0.3 is 4.74 Å². The van der Waals surface area contributed by atoms with E-state index in [9.17, 15) is 9.59 Å². The molecular formula is C17H20ClNO3S. The minimum absolute atomic E-state index is 0.0328. The number of benzene rings is 1. The molecule has 0 aromatic heterocycles. The Balaban J connectivity index is 2.24. The van der Waals surface area contributed by atoms with Gasteiger partial charge in [-0.2, -0.15) is 0 Å². The first-order valence-electron chi connectivity index (χ1n) is 7.56. The Hall–Kier alpha value is -1.46. The minimum atomic E-state index is -0.243. The molecule has 0 N–H and O–H groups in total. The normalized spacial score (nSPS) is 18.2. The van der Waals surface area contributed by atoms with E-state index in [1.54, 1.807) is 18.2 Å². The van der Waals surface area contributed by atoms with Crippen molar-refractivity contribution in [3.05, 3.63) is 33.7 Å². The topological polar surface area (TPSA) is 46.6 Å². The first-order chi connectivity index (χ1) is 10.8. The van der Waals surface area contributed by atoms with Crippen molar-refractivity contribution < 1.29 is 14.3 Å². The van der Waals surface area contributed by atoms with Crippen LogP contribution in [0.5, 0.6) is 5.75 Å². The van der Waals surface area contributed by atoms with Gasteiger partial charge in [0, 0.05) is 6.04 Å². The highest BCUT2D eigenvalue weighted by atomic mass is 35.5. The van der Waals surface area contributed by atoms with E-state index in [1.165, 1.54) is 4.90 Å². The Kier molecular flexibility index (Phi) is 5.76. The van der Waals surface area contributed by atoms with Crippen molar-refractivity contribution in [1.29, 1.82) is 0 Å². The second-order valence-electron chi connectivity index (χ2n) is 5.67. The number of carbonyl (C=O) groups is 2. The third-order valence-electron chi connectivity index (χ3n) is 3.47. The van der Waals surface area contributed by atoms with Crippen LogP contribution in [-0.4, -0.2) is 28.2 Å². The number of amides is 2. The number of rotatable bonds is 5. The van der Waals surface area contributed by atoms with E-state index < -0.39 is 0 Å². The molecule has 2 rings (SSSR count). The molecule has 124 valence electrons. The van der Waals surface area contributed by atoms with E-state index in [2.05, 4.69) is 0 Å². The Bertz CT molecular complexity index is 657. The molecule has 1 fully saturated rings. The fraction of sp³-hybridized carbons (Fsp3) is 0.412. The van der Waals surface area contributed by atoms with Crippen molar-refractivity contribution in [3.8, 4) is 5.75 Å². The highest BCUT2D eigenvalue weighted by Gasteiger charge is 2.37. The summed E-state index contributed by atoms with van der Waals surface area (Å²) in [5.41, 5.74) is 0.765. The molecule has 6 heteroatoms. The molecule has 23 heavy (non-hydrogen) atoms. The molecule has 2 amide bonds. The summed E-state index contributed by atoms with van der Waals surface area (Å²) in [7, 11) is 0. The number of halogens is 1. The maximum atomic E-state index is 12.4. The summed E-state index contributed by atoms with van der Waals surface area (Å²) in [6, 6.07) is 5.23. The van der Waals surface area contributed by atoms with Gasteiger partial charge in [0.15, 0.2) is 0 Å². The lowest BCUT2D eigenvalue weighted by molar-refractivity contribution is -0.124. The monoisotopic (exact) mass is 353 g/mol. The van der Waals surface area contributed by atoms with E-state index in [0.29, 0.717) is 15.7 Å². The molecule has 1 atom stereocenters. The van der Waals surface area contributed by atoms with Crippen LogP contribution in [0.25, 0.3) is 6.08 Å². The SMILES string of the molecule is CC[C@@H](C)N1C(=O)S/C(=C/c2ccc(OC(C)C)c(Cl)c2)C1=O. The van der Waals surface area contributed by atoms with E-state index in [1.807, 2.05) is 33.8 Å². The van der Waals surface area contributed by atoms with Gasteiger partial charge in [0.1, 0.15) is 5.75 Å². The van der Waals surface area contributed by atoms with Crippen LogP contribution in [-0.2, 0) is 4.79 Å². The van der Waals surface area contributed by atoms with Crippen LogP contribution in [0.1, 0.15) is 39.7 Å². The molecule has 4 nitrogen and oxygen atoms in total. The second kappa shape index (κ2) is 7.41. The standard InChI is InChI=1S/C17H20ClNO3S/c1-5-11(4)19-16(20)15(23-17(19)21)9-12-6-7-14(13(18)8-12)22-10(2)3/h6-11H,5H2,1-4H3/b15-9+/t11-/m1/s1. The molecule has 0 bridgehead atoms. The smallest absolute Gasteiger partial charge is 0.293 e. The van der Waals surface area contributed by atoms with Crippen LogP contribution in [0.3, 0.4) is 0 Å². The molecule has 0 radical (unpaired) electrons. The molecule has 1 aromatic rings. The van der Waals surface area contributed by atoms with Gasteiger partial charge in [-0.15, -0.1) is 0 Å². The predicted octanol–water partition coefficient (Wildman–Crippen LogP) is 4.96. The third kappa shape index (κ3) is 4.09. The first-order valence-corrected chi connectivity index (χ1v) is 8.76. The molecule has 1 aliphatic rings. The van der Waals surface area contributed by atoms with Crippen LogP contribution in [0.15, 0.2) is 23.1 Å². The maximum absolute atomic E-state index is 12.4. The largest absolute Gasteiger partial charge is 0.489 e. The highest BCUT2D eigenvalue weighted by Crippen LogP contribution is 2.35. The van der Waals surface area contributed by atoms with Gasteiger partial charge in [-0.3, -0.25) is 14.5 Å². The van der Waals surface area contributed by atoms with Crippen molar-refractivity contribution in [2.24, 2.45) is 0 Å². The van der Waals surface area contributed by atoms with E-state index in [4.69, 9.17) is 16.3 Å². The second-order valence-corrected chi connectivity index (χ2v) is 7.07. The number of hydrogen-bond acceptors (Lipinski definition) is 4. The molecule has 1 heterocycles. The van der Waals surface area contributed by atoms with E-state index in [0.717, 1.165) is 23.7 Å². The lowest BCUT2D eigenvalue weighted by Gasteiger charge is -2.19. The third-order valence-corrected chi connectivity index (χ3v) is 4.65. The van der Waals surface area contributed by atoms with Gasteiger partial charge in [-0.1, -0.05) is 24.6 Å². The number of thioether (sulfide) groups is 1. The van der Waals surface area contributed by atoms with E-state index >= 15 is 0 Å². The zero-order valence-corrected chi connectivity index (χ0v) is 15.2. The molecule has 1 saturated heterocycles. The average molecular weight is 354 g/mol. The van der Waals surface area contributed by atoms with Crippen molar-refractivity contribution in [2.45, 2.75) is 46.3 Å². The molecule has 0 aliphatic carbocycles. The van der Waals surface area contributed by atoms with Crippen LogP contribution < -0.4 is 4.74 Å². The fourth-order valence-electron chi connectivity index (χ4n) is 2.15. The molecule has 1 aliphatic heterocycles. The molecule has 0 saturated carbocycles. The Morgan fingerprint density at radius 3 is 2.57 bits per heavy atom. The number of ether oxygens (including phenoxy) is 1. The fourth-order valence-corrected chi connectivity index (χ4v) is 3.31. The van der Waals surface area contributed by atoms with Gasteiger partial charge >= 0.3 is 0 Å². The Morgan fingerprint density at radius 1 is 1.30 bits per heavy atom. The van der Waals surface area contributed by atoms with Crippen LogP contribution in [0, 0.1) is 0 Å². The highest BCUT2D eigenvalue weighted by molar-refractivity contribution is 8.18. The van der Waals surface area contributed by atoms with E-state index in [-0.39, 0.29) is 23.3 Å². The predicted molar refractivity (Wildman–Crippen MR) is 94.8 cm³/mol. The number of nitrogens with zero attached hydrogens (tertiary/aromatic N) is 1. The summed E-state index contributed by atoms with van der Waals surface area (Å²) >= 11 is 7.17. The van der Waals surface area contributed by atoms with Gasteiger partial charge in [-0.05, 0) is 62.7 Å². The molecule has 1 aromatic carbocycles. The number of hydrogen-bond donors (Lipinski definition) is 0.